The van der Waals surface area contributed by atoms with Gasteiger partial charge in [-0.3, -0.25) is 9.89 Å². The summed E-state index contributed by atoms with van der Waals surface area (Å²) in [4.78, 5) is 27.4. The van der Waals surface area contributed by atoms with Gasteiger partial charge in [0.15, 0.2) is 0 Å². The van der Waals surface area contributed by atoms with Gasteiger partial charge in [-0.2, -0.15) is 15.1 Å². The highest BCUT2D eigenvalue weighted by molar-refractivity contribution is 5.97. The number of likely N-dealkylation sites (tertiary alicyclic amines) is 1. The number of aromatic hydroxyl groups is 1. The van der Waals surface area contributed by atoms with Gasteiger partial charge < -0.3 is 29.7 Å². The molecule has 3 aliphatic heterocycles. The summed E-state index contributed by atoms with van der Waals surface area (Å²) >= 11 is 0. The predicted octanol–water partition coefficient (Wildman–Crippen LogP) is 5.46. The Balaban J connectivity index is 0.930. The molecule has 1 amide bonds. The lowest BCUT2D eigenvalue weighted by molar-refractivity contribution is -0.137. The highest BCUT2D eigenvalue weighted by atomic mass is 19.1. The van der Waals surface area contributed by atoms with Crippen LogP contribution < -0.4 is 25.5 Å². The molecule has 62 heavy (non-hydrogen) atoms. The maximum atomic E-state index is 15.5. The number of benzene rings is 2. The van der Waals surface area contributed by atoms with E-state index in [0.29, 0.717) is 52.3 Å². The fourth-order valence-corrected chi connectivity index (χ4v) is 9.28. The second-order valence-electron chi connectivity index (χ2n) is 17.9. The van der Waals surface area contributed by atoms with Crippen LogP contribution in [0.2, 0.25) is 0 Å². The first-order chi connectivity index (χ1) is 30.0. The third-order valence-corrected chi connectivity index (χ3v) is 13.0. The molecular weight excluding hydrogens is 788 g/mol. The smallest absolute Gasteiger partial charge is 0.319 e. The summed E-state index contributed by atoms with van der Waals surface area (Å²) in [5, 5.41) is 33.6. The van der Waals surface area contributed by atoms with Gasteiger partial charge in [-0.15, -0.1) is 5.10 Å². The van der Waals surface area contributed by atoms with E-state index in [4.69, 9.17) is 19.4 Å². The van der Waals surface area contributed by atoms with Crippen molar-refractivity contribution in [3.8, 4) is 23.0 Å². The topological polar surface area (TPSA) is 159 Å². The van der Waals surface area contributed by atoms with Gasteiger partial charge in [-0.05, 0) is 106 Å². The van der Waals surface area contributed by atoms with Crippen molar-refractivity contribution < 1.29 is 23.8 Å². The van der Waals surface area contributed by atoms with Crippen LogP contribution in [0.4, 0.5) is 10.2 Å². The van der Waals surface area contributed by atoms with Crippen molar-refractivity contribution in [2.75, 3.05) is 38.3 Å². The molecule has 0 spiro atoms. The Bertz CT molecular complexity index is 2580. The molecule has 1 aliphatic carbocycles. The zero-order valence-electron chi connectivity index (χ0n) is 36.2. The number of aryl methyl sites for hydroxylation is 1. The van der Waals surface area contributed by atoms with Gasteiger partial charge in [0.1, 0.15) is 41.3 Å². The van der Waals surface area contributed by atoms with Crippen LogP contribution in [0, 0.1) is 5.92 Å². The number of fused-ring (bicyclic) bond motifs is 3. The Hall–Kier alpha value is -5.67. The van der Waals surface area contributed by atoms with Gasteiger partial charge in [-0.25, -0.2) is 9.07 Å². The number of carbonyl (C=O) groups is 1. The maximum Gasteiger partial charge on any atom is 0.319 e. The van der Waals surface area contributed by atoms with Crippen LogP contribution in [0.15, 0.2) is 54.6 Å². The van der Waals surface area contributed by atoms with Gasteiger partial charge >= 0.3 is 6.01 Å². The second kappa shape index (κ2) is 17.6. The number of hydrogen-bond acceptors (Lipinski definition) is 11. The minimum atomic E-state index is -0.405. The molecule has 4 unspecified atom stereocenters. The van der Waals surface area contributed by atoms with E-state index < -0.39 is 11.9 Å². The Morgan fingerprint density at radius 3 is 2.65 bits per heavy atom. The fourth-order valence-electron chi connectivity index (χ4n) is 9.28. The molecule has 6 heterocycles. The van der Waals surface area contributed by atoms with Gasteiger partial charge in [0.2, 0.25) is 5.91 Å². The number of allylic oxidation sites excluding steroid dienone is 2. The number of amides is 1. The minimum Gasteiger partial charge on any atom is -0.505 e. The molecule has 4 fully saturated rings. The lowest BCUT2D eigenvalue weighted by Gasteiger charge is -2.30. The quantitative estimate of drug-likeness (QED) is 0.123. The SMILES string of the molecule is CO[C@@H](C)COc1nc(N2CC3CC2CN3)c2cc(C3CC3)c(\C=c3/cn[nH]/c3=C/C(F)=C/CCc3ccc(-c4cn(C(C(=O)N5CCCC5C)C(C)C)nn4)cc3)c(O)c2n1. The van der Waals surface area contributed by atoms with Crippen LogP contribution in [0.3, 0.4) is 0 Å². The molecule has 0 radical (unpaired) electrons. The zero-order chi connectivity index (χ0) is 43.1. The van der Waals surface area contributed by atoms with E-state index in [1.54, 1.807) is 24.1 Å². The van der Waals surface area contributed by atoms with Crippen LogP contribution in [0.1, 0.15) is 94.9 Å². The van der Waals surface area contributed by atoms with Crippen molar-refractivity contribution in [1.82, 2.24) is 45.4 Å². The first-order valence-corrected chi connectivity index (χ1v) is 22.2. The molecule has 3 N–H and O–H groups in total. The van der Waals surface area contributed by atoms with Crippen molar-refractivity contribution in [1.29, 1.82) is 0 Å². The second-order valence-corrected chi connectivity index (χ2v) is 17.9. The number of nitrogens with zero attached hydrogens (tertiary/aromatic N) is 8. The highest BCUT2D eigenvalue weighted by Crippen LogP contribution is 2.48. The third-order valence-electron chi connectivity index (χ3n) is 13.0. The summed E-state index contributed by atoms with van der Waals surface area (Å²) in [5.41, 5.74) is 4.74. The van der Waals surface area contributed by atoms with E-state index >= 15 is 4.39 Å². The summed E-state index contributed by atoms with van der Waals surface area (Å²) < 4.78 is 28.7. The van der Waals surface area contributed by atoms with Crippen LogP contribution >= 0.6 is 0 Å². The number of ether oxygens (including phenoxy) is 2. The highest BCUT2D eigenvalue weighted by Gasteiger charge is 2.40. The summed E-state index contributed by atoms with van der Waals surface area (Å²) in [6.07, 6.45) is 14.5. The molecule has 2 bridgehead atoms. The summed E-state index contributed by atoms with van der Waals surface area (Å²) in [7, 11) is 1.63. The lowest BCUT2D eigenvalue weighted by Crippen LogP contribution is -2.44. The molecule has 9 rings (SSSR count). The van der Waals surface area contributed by atoms with E-state index in [1.165, 1.54) is 6.08 Å². The van der Waals surface area contributed by atoms with E-state index in [9.17, 15) is 9.90 Å². The zero-order valence-corrected chi connectivity index (χ0v) is 36.2. The van der Waals surface area contributed by atoms with E-state index in [0.717, 1.165) is 79.6 Å². The van der Waals surface area contributed by atoms with Crippen molar-refractivity contribution >= 4 is 34.8 Å². The Morgan fingerprint density at radius 2 is 1.95 bits per heavy atom. The van der Waals surface area contributed by atoms with Crippen molar-refractivity contribution in [2.45, 2.75) is 109 Å². The Morgan fingerprint density at radius 1 is 1.13 bits per heavy atom. The summed E-state index contributed by atoms with van der Waals surface area (Å²) in [5.74, 6) is 0.879. The van der Waals surface area contributed by atoms with E-state index in [1.807, 2.05) is 62.2 Å². The number of carbonyl (C=O) groups excluding carboxylic acids is 1. The van der Waals surface area contributed by atoms with Crippen LogP contribution in [0.5, 0.6) is 11.8 Å². The molecule has 3 saturated heterocycles. The molecule has 5 aromatic rings. The van der Waals surface area contributed by atoms with E-state index in [2.05, 4.69) is 43.7 Å². The molecule has 1 saturated carbocycles. The van der Waals surface area contributed by atoms with Gasteiger partial charge in [0.05, 0.1) is 23.8 Å². The molecule has 5 atom stereocenters. The van der Waals surface area contributed by atoms with Crippen LogP contribution in [0.25, 0.3) is 34.3 Å². The number of aromatic nitrogens is 7. The molecule has 15 heteroatoms. The Kier molecular flexibility index (Phi) is 11.8. The number of phenols is 1. The lowest BCUT2D eigenvalue weighted by atomic mass is 9.97. The van der Waals surface area contributed by atoms with Crippen molar-refractivity contribution in [3.63, 3.8) is 0 Å². The third kappa shape index (κ3) is 8.56. The first-order valence-electron chi connectivity index (χ1n) is 22.2. The molecule has 326 valence electrons. The predicted molar refractivity (Wildman–Crippen MR) is 236 cm³/mol. The molecule has 3 aromatic heterocycles. The number of rotatable bonds is 15. The monoisotopic (exact) mass is 844 g/mol. The van der Waals surface area contributed by atoms with Gasteiger partial charge in [0.25, 0.3) is 0 Å². The average molecular weight is 845 g/mol. The fraction of sp³-hybridized carbons (Fsp3) is 0.489. The van der Waals surface area contributed by atoms with E-state index in [-0.39, 0.29) is 48.3 Å². The number of phenolic OH excluding ortho intramolecular Hbond substituents is 1. The Labute approximate surface area is 360 Å². The summed E-state index contributed by atoms with van der Waals surface area (Å²) in [6, 6.07) is 10.9. The average Bonchev–Trinajstić information content (AvgIpc) is 3.77. The normalized spacial score (nSPS) is 21.9. The first kappa shape index (κ1) is 41.7. The summed E-state index contributed by atoms with van der Waals surface area (Å²) in [6.45, 7) is 10.9. The van der Waals surface area contributed by atoms with Crippen LogP contribution in [-0.2, 0) is 16.0 Å². The number of piperazine rings is 1. The number of halogens is 1. The molecule has 2 aromatic carbocycles. The maximum absolute atomic E-state index is 15.5. The van der Waals surface area contributed by atoms with Gasteiger partial charge in [0, 0.05) is 66.6 Å². The number of anilines is 1. The minimum absolute atomic E-state index is 0.0426. The number of H-pyrrole nitrogens is 1. The largest absolute Gasteiger partial charge is 0.505 e. The number of hydrogen-bond donors (Lipinski definition) is 3. The van der Waals surface area contributed by atoms with Crippen molar-refractivity contribution in [3.05, 3.63) is 81.9 Å². The molecule has 4 aliphatic rings. The van der Waals surface area contributed by atoms with Crippen molar-refractivity contribution in [2.24, 2.45) is 5.92 Å². The number of methoxy groups -OCH3 is 1. The number of aromatic amines is 1. The standard InChI is InChI=1S/C47H57FN10O4/c1-27(2)43(46(60)56-17-7-8-28(56)3)58-25-41(54-55-58)32-13-11-30(12-14-32)9-6-10-34(48)19-40-33(22-50-53-40)18-38-37(31-15-16-31)21-39-42(44(38)59)51-47(62-26-29(4)61-5)52-45(39)57-24-35-20-36(57)23-49-35/h10-14,18-19,21-22,25,27-29,31,35-36,43,49,53,59H,6-9,15-17,20,23-24,26H2,1-5H3/b33-18+,34-10-,40-19+/t28?,29-,35?,36?,43?/m0/s1. The molecular formula is C47H57FN10O4. The molecule has 14 nitrogen and oxygen atoms in total. The van der Waals surface area contributed by atoms with Gasteiger partial charge in [-0.1, -0.05) is 43.3 Å². The van der Waals surface area contributed by atoms with Crippen LogP contribution in [-0.4, -0.2) is 109 Å². The number of nitrogens with one attached hydrogen (secondary N) is 2.